The second-order valence-corrected chi connectivity index (χ2v) is 7.33. The van der Waals surface area contributed by atoms with Crippen LogP contribution in [-0.2, 0) is 16.6 Å². The highest BCUT2D eigenvalue weighted by molar-refractivity contribution is 7.84. The molecule has 134 valence electrons. The van der Waals surface area contributed by atoms with Crippen LogP contribution in [0.3, 0.4) is 0 Å². The fourth-order valence-electron chi connectivity index (χ4n) is 2.77. The lowest BCUT2D eigenvalue weighted by atomic mass is 10.2. The fraction of sp³-hybridized carbons (Fsp3) is 0.238. The maximum Gasteiger partial charge on any atom is 0.161 e. The van der Waals surface area contributed by atoms with E-state index in [9.17, 15) is 4.21 Å². The largest absolute Gasteiger partial charge is 0.357 e. The molecule has 0 aliphatic carbocycles. The van der Waals surface area contributed by atoms with Gasteiger partial charge in [-0.1, -0.05) is 48.5 Å². The molecule has 3 aromatic rings. The van der Waals surface area contributed by atoms with Crippen molar-refractivity contribution in [1.82, 2.24) is 9.97 Å². The van der Waals surface area contributed by atoms with Crippen LogP contribution < -0.4 is 4.90 Å². The van der Waals surface area contributed by atoms with Crippen molar-refractivity contribution >= 4 is 16.6 Å². The molecule has 0 bridgehead atoms. The van der Waals surface area contributed by atoms with E-state index in [1.54, 1.807) is 0 Å². The number of rotatable bonds is 7. The first-order valence-corrected chi connectivity index (χ1v) is 10.1. The molecule has 0 unspecified atom stereocenters. The molecule has 0 saturated heterocycles. The number of hydrogen-bond acceptors (Lipinski definition) is 4. The number of hydrogen-bond donors (Lipinski definition) is 0. The van der Waals surface area contributed by atoms with Gasteiger partial charge in [-0.3, -0.25) is 4.21 Å². The van der Waals surface area contributed by atoms with Crippen LogP contribution in [0.2, 0.25) is 0 Å². The molecular weight excluding hydrogens is 342 g/mol. The maximum absolute atomic E-state index is 12.7. The van der Waals surface area contributed by atoms with Gasteiger partial charge in [0, 0.05) is 29.6 Å². The van der Waals surface area contributed by atoms with Crippen LogP contribution in [0.15, 0.2) is 71.6 Å². The van der Waals surface area contributed by atoms with Crippen molar-refractivity contribution in [3.8, 4) is 11.4 Å². The Hall–Kier alpha value is -2.53. The van der Waals surface area contributed by atoms with Crippen molar-refractivity contribution < 1.29 is 4.21 Å². The lowest BCUT2D eigenvalue weighted by Gasteiger charge is -2.21. The molecular formula is C21H23N3OS. The number of nitrogens with zero attached hydrogens (tertiary/aromatic N) is 3. The molecule has 0 radical (unpaired) electrons. The quantitative estimate of drug-likeness (QED) is 0.626. The highest BCUT2D eigenvalue weighted by Crippen LogP contribution is 2.22. The molecule has 1 atom stereocenters. The summed E-state index contributed by atoms with van der Waals surface area (Å²) in [6.45, 7) is 5.94. The zero-order valence-electron chi connectivity index (χ0n) is 15.1. The van der Waals surface area contributed by atoms with Gasteiger partial charge in [0.2, 0.25) is 0 Å². The Bertz CT molecular complexity index is 865. The van der Waals surface area contributed by atoms with Gasteiger partial charge in [0.15, 0.2) is 5.82 Å². The fourth-order valence-corrected chi connectivity index (χ4v) is 3.82. The molecule has 1 heterocycles. The van der Waals surface area contributed by atoms with Crippen LogP contribution in [0, 0.1) is 0 Å². The molecule has 0 aliphatic rings. The minimum Gasteiger partial charge on any atom is -0.357 e. The molecule has 4 nitrogen and oxygen atoms in total. The van der Waals surface area contributed by atoms with Crippen molar-refractivity contribution in [2.45, 2.75) is 24.5 Å². The Morgan fingerprint density at radius 3 is 2.12 bits per heavy atom. The molecule has 0 amide bonds. The van der Waals surface area contributed by atoms with E-state index in [0.29, 0.717) is 11.6 Å². The molecule has 0 aliphatic heterocycles. The third-order valence-electron chi connectivity index (χ3n) is 4.17. The summed E-state index contributed by atoms with van der Waals surface area (Å²) in [7, 11) is -1.13. The molecule has 26 heavy (non-hydrogen) atoms. The first kappa shape index (κ1) is 18.3. The van der Waals surface area contributed by atoms with Gasteiger partial charge < -0.3 is 4.90 Å². The van der Waals surface area contributed by atoms with Gasteiger partial charge in [-0.15, -0.1) is 0 Å². The predicted molar refractivity (Wildman–Crippen MR) is 108 cm³/mol. The SMILES string of the molecule is CCN(CC)c1cc(C[S@@](=O)c2ccccc2)nc(-c2ccccc2)n1. The molecule has 5 heteroatoms. The van der Waals surface area contributed by atoms with Gasteiger partial charge in [-0.05, 0) is 26.0 Å². The smallest absolute Gasteiger partial charge is 0.161 e. The summed E-state index contributed by atoms with van der Waals surface area (Å²) in [5, 5.41) is 0. The zero-order valence-corrected chi connectivity index (χ0v) is 15.9. The topological polar surface area (TPSA) is 46.1 Å². The standard InChI is InChI=1S/C21H23N3OS/c1-3-24(4-2)20-15-18(16-26(25)19-13-9-6-10-14-19)22-21(23-20)17-11-7-5-8-12-17/h5-15H,3-4,16H2,1-2H3/t26-/m1/s1. The highest BCUT2D eigenvalue weighted by atomic mass is 32.2. The molecule has 0 fully saturated rings. The van der Waals surface area contributed by atoms with Gasteiger partial charge in [0.25, 0.3) is 0 Å². The summed E-state index contributed by atoms with van der Waals surface area (Å²) in [5.74, 6) is 1.93. The second-order valence-electron chi connectivity index (χ2n) is 5.88. The number of aromatic nitrogens is 2. The predicted octanol–water partition coefficient (Wildman–Crippen LogP) is 4.30. The van der Waals surface area contributed by atoms with E-state index in [1.807, 2.05) is 66.7 Å². The summed E-state index contributed by atoms with van der Waals surface area (Å²) in [5.41, 5.74) is 1.76. The zero-order chi connectivity index (χ0) is 18.4. The van der Waals surface area contributed by atoms with Crippen LogP contribution in [0.4, 0.5) is 5.82 Å². The highest BCUT2D eigenvalue weighted by Gasteiger charge is 2.13. The Balaban J connectivity index is 1.98. The molecule has 2 aromatic carbocycles. The van der Waals surface area contributed by atoms with E-state index in [1.165, 1.54) is 0 Å². The monoisotopic (exact) mass is 365 g/mol. The van der Waals surface area contributed by atoms with Crippen LogP contribution in [-0.4, -0.2) is 27.3 Å². The van der Waals surface area contributed by atoms with E-state index >= 15 is 0 Å². The molecule has 1 aromatic heterocycles. The van der Waals surface area contributed by atoms with Gasteiger partial charge in [-0.25, -0.2) is 9.97 Å². The summed E-state index contributed by atoms with van der Waals surface area (Å²) < 4.78 is 12.7. The normalized spacial score (nSPS) is 11.9. The van der Waals surface area contributed by atoms with Crippen LogP contribution >= 0.6 is 0 Å². The van der Waals surface area contributed by atoms with Crippen molar-refractivity contribution in [3.63, 3.8) is 0 Å². The third kappa shape index (κ3) is 4.35. The van der Waals surface area contributed by atoms with Crippen LogP contribution in [0.25, 0.3) is 11.4 Å². The van der Waals surface area contributed by atoms with Crippen molar-refractivity contribution in [1.29, 1.82) is 0 Å². The van der Waals surface area contributed by atoms with E-state index < -0.39 is 10.8 Å². The average Bonchev–Trinajstić information content (AvgIpc) is 2.70. The summed E-state index contributed by atoms with van der Waals surface area (Å²) >= 11 is 0. The third-order valence-corrected chi connectivity index (χ3v) is 5.53. The van der Waals surface area contributed by atoms with E-state index in [-0.39, 0.29) is 0 Å². The number of anilines is 1. The van der Waals surface area contributed by atoms with E-state index in [0.717, 1.165) is 35.1 Å². The van der Waals surface area contributed by atoms with Gasteiger partial charge in [-0.2, -0.15) is 0 Å². The van der Waals surface area contributed by atoms with Gasteiger partial charge in [0.05, 0.1) is 22.2 Å². The summed E-state index contributed by atoms with van der Waals surface area (Å²) in [4.78, 5) is 12.4. The summed E-state index contributed by atoms with van der Waals surface area (Å²) in [6.07, 6.45) is 0. The minimum absolute atomic E-state index is 0.376. The summed E-state index contributed by atoms with van der Waals surface area (Å²) in [6, 6.07) is 21.4. The molecule has 3 rings (SSSR count). The molecule has 0 saturated carbocycles. The van der Waals surface area contributed by atoms with Crippen molar-refractivity contribution in [2.24, 2.45) is 0 Å². The van der Waals surface area contributed by atoms with Gasteiger partial charge >= 0.3 is 0 Å². The Kier molecular flexibility index (Phi) is 6.12. The Morgan fingerprint density at radius 1 is 0.885 bits per heavy atom. The van der Waals surface area contributed by atoms with Gasteiger partial charge in [0.1, 0.15) is 5.82 Å². The lowest BCUT2D eigenvalue weighted by Crippen LogP contribution is -2.23. The van der Waals surface area contributed by atoms with Crippen molar-refractivity contribution in [2.75, 3.05) is 18.0 Å². The van der Waals surface area contributed by atoms with E-state index in [4.69, 9.17) is 4.98 Å². The second kappa shape index (κ2) is 8.72. The lowest BCUT2D eigenvalue weighted by molar-refractivity contribution is 0.682. The van der Waals surface area contributed by atoms with Crippen LogP contribution in [0.1, 0.15) is 19.5 Å². The molecule has 0 N–H and O–H groups in total. The number of benzene rings is 2. The van der Waals surface area contributed by atoms with Crippen molar-refractivity contribution in [3.05, 3.63) is 72.4 Å². The average molecular weight is 366 g/mol. The first-order valence-electron chi connectivity index (χ1n) is 8.83. The molecule has 0 spiro atoms. The Labute approximate surface area is 157 Å². The minimum atomic E-state index is -1.13. The maximum atomic E-state index is 12.7. The Morgan fingerprint density at radius 2 is 1.50 bits per heavy atom. The van der Waals surface area contributed by atoms with Crippen LogP contribution in [0.5, 0.6) is 0 Å². The van der Waals surface area contributed by atoms with E-state index in [2.05, 4.69) is 23.7 Å². The first-order chi connectivity index (χ1) is 12.7.